The van der Waals surface area contributed by atoms with Crippen molar-refractivity contribution in [2.45, 2.75) is 39.1 Å². The minimum absolute atomic E-state index is 0.0473. The van der Waals surface area contributed by atoms with Gasteiger partial charge in [-0.15, -0.1) is 8.78 Å². The van der Waals surface area contributed by atoms with Crippen LogP contribution < -0.4 is 26.0 Å². The Morgan fingerprint density at radius 1 is 1.12 bits per heavy atom. The molecule has 1 unspecified atom stereocenters. The van der Waals surface area contributed by atoms with Gasteiger partial charge in [-0.05, 0) is 38.5 Å². The molecule has 1 aromatic carbocycles. The predicted molar refractivity (Wildman–Crippen MR) is 86.4 cm³/mol. The van der Waals surface area contributed by atoms with Gasteiger partial charge in [-0.2, -0.15) is 0 Å². The van der Waals surface area contributed by atoms with Gasteiger partial charge in [0, 0.05) is 12.1 Å². The smallest absolute Gasteiger partial charge is 0.395 e. The Balaban J connectivity index is 1.83. The largest absolute Gasteiger partial charge is 0.586 e. The number of nitrogens with zero attached hydrogens (tertiary/aromatic N) is 1. The highest BCUT2D eigenvalue weighted by atomic mass is 19.3. The van der Waals surface area contributed by atoms with Crippen LogP contribution in [-0.2, 0) is 0 Å². The summed E-state index contributed by atoms with van der Waals surface area (Å²) in [6.07, 6.45) is -3.68. The second-order valence-corrected chi connectivity index (χ2v) is 6.03. The van der Waals surface area contributed by atoms with Gasteiger partial charge in [0.15, 0.2) is 11.5 Å². The minimum Gasteiger partial charge on any atom is -0.395 e. The van der Waals surface area contributed by atoms with E-state index in [2.05, 4.69) is 19.8 Å². The van der Waals surface area contributed by atoms with Crippen molar-refractivity contribution in [1.29, 1.82) is 0 Å². The van der Waals surface area contributed by atoms with E-state index in [9.17, 15) is 18.4 Å². The molecular weight excluding hydrogens is 336 g/mol. The number of halogens is 2. The van der Waals surface area contributed by atoms with Gasteiger partial charge in [0.05, 0.1) is 6.04 Å². The van der Waals surface area contributed by atoms with Crippen LogP contribution in [0.5, 0.6) is 11.5 Å². The molecule has 1 aliphatic rings. The first-order valence-electron chi connectivity index (χ1n) is 7.68. The zero-order valence-corrected chi connectivity index (χ0v) is 13.8. The molecule has 25 heavy (non-hydrogen) atoms. The van der Waals surface area contributed by atoms with Crippen molar-refractivity contribution < 1.29 is 18.3 Å². The lowest BCUT2D eigenvalue weighted by atomic mass is 10.1. The molecule has 1 aromatic heterocycles. The number of hydrogen-bond donors (Lipinski definition) is 2. The summed E-state index contributed by atoms with van der Waals surface area (Å²) in [6.45, 7) is 5.21. The number of anilines is 1. The molecule has 0 amide bonds. The van der Waals surface area contributed by atoms with Crippen molar-refractivity contribution >= 4 is 5.82 Å². The topological polar surface area (TPSA) is 85.4 Å². The molecule has 1 atom stereocenters. The van der Waals surface area contributed by atoms with Crippen LogP contribution in [0.1, 0.15) is 38.4 Å². The summed E-state index contributed by atoms with van der Waals surface area (Å²) in [5.41, 5.74) is -0.338. The number of hydrogen-bond acceptors (Lipinski definition) is 5. The van der Waals surface area contributed by atoms with Gasteiger partial charge in [0.1, 0.15) is 5.82 Å². The fourth-order valence-corrected chi connectivity index (χ4v) is 2.62. The molecule has 2 heterocycles. The van der Waals surface area contributed by atoms with Crippen LogP contribution in [0, 0.1) is 0 Å². The van der Waals surface area contributed by atoms with Crippen LogP contribution in [0.25, 0.3) is 0 Å². The summed E-state index contributed by atoms with van der Waals surface area (Å²) in [4.78, 5) is 26.6. The third kappa shape index (κ3) is 3.35. The first-order chi connectivity index (χ1) is 11.7. The number of fused-ring (bicyclic) bond motifs is 1. The summed E-state index contributed by atoms with van der Waals surface area (Å²) in [5, 5.41) is 2.97. The number of rotatable bonds is 4. The fourth-order valence-electron chi connectivity index (χ4n) is 2.62. The molecule has 7 nitrogen and oxygen atoms in total. The van der Waals surface area contributed by atoms with E-state index < -0.39 is 17.5 Å². The number of alkyl halides is 2. The van der Waals surface area contributed by atoms with Gasteiger partial charge >= 0.3 is 12.0 Å². The lowest BCUT2D eigenvalue weighted by Gasteiger charge is -2.16. The average Bonchev–Trinajstić information content (AvgIpc) is 2.78. The Labute approximate surface area is 141 Å². The Hall–Kier alpha value is -2.84. The van der Waals surface area contributed by atoms with E-state index in [0.29, 0.717) is 5.56 Å². The van der Waals surface area contributed by atoms with Crippen molar-refractivity contribution in [2.75, 3.05) is 5.32 Å². The fraction of sp³-hybridized carbons (Fsp3) is 0.375. The average molecular weight is 353 g/mol. The van der Waals surface area contributed by atoms with Crippen molar-refractivity contribution in [3.8, 4) is 11.5 Å². The van der Waals surface area contributed by atoms with Gasteiger partial charge < -0.3 is 14.8 Å². The highest BCUT2D eigenvalue weighted by Gasteiger charge is 2.43. The van der Waals surface area contributed by atoms with Crippen LogP contribution >= 0.6 is 0 Å². The molecule has 134 valence electrons. The number of aromatic amines is 1. The van der Waals surface area contributed by atoms with E-state index in [1.165, 1.54) is 18.2 Å². The lowest BCUT2D eigenvalue weighted by molar-refractivity contribution is -0.286. The van der Waals surface area contributed by atoms with E-state index in [0.717, 1.165) is 4.57 Å². The van der Waals surface area contributed by atoms with Crippen molar-refractivity contribution in [3.05, 3.63) is 50.7 Å². The number of benzene rings is 1. The van der Waals surface area contributed by atoms with Crippen LogP contribution in [0.15, 0.2) is 33.9 Å². The standard InChI is InChI=1S/C16H17F2N3O4/c1-8(2)21-14(22)7-13(20-15(21)23)19-9(3)10-4-5-11-12(6-10)25-16(17,18)24-11/h4-9,19H,1-3H3,(H,20,23). The van der Waals surface area contributed by atoms with E-state index in [4.69, 9.17) is 0 Å². The summed E-state index contributed by atoms with van der Waals surface area (Å²) >= 11 is 0. The molecule has 0 aliphatic carbocycles. The van der Waals surface area contributed by atoms with Gasteiger partial charge in [0.2, 0.25) is 0 Å². The molecule has 1 aliphatic heterocycles. The Kier molecular flexibility index (Phi) is 4.02. The zero-order chi connectivity index (χ0) is 18.4. The highest BCUT2D eigenvalue weighted by Crippen LogP contribution is 2.42. The summed E-state index contributed by atoms with van der Waals surface area (Å²) < 4.78 is 36.0. The molecule has 9 heteroatoms. The third-order valence-electron chi connectivity index (χ3n) is 3.78. The molecule has 2 N–H and O–H groups in total. The van der Waals surface area contributed by atoms with Gasteiger partial charge in [-0.1, -0.05) is 6.07 Å². The monoisotopic (exact) mass is 353 g/mol. The highest BCUT2D eigenvalue weighted by molar-refractivity contribution is 5.47. The molecule has 0 spiro atoms. The van der Waals surface area contributed by atoms with Crippen LogP contribution in [0.4, 0.5) is 14.6 Å². The van der Waals surface area contributed by atoms with Gasteiger partial charge in [-0.25, -0.2) is 4.79 Å². The van der Waals surface area contributed by atoms with E-state index in [1.807, 2.05) is 0 Å². The van der Waals surface area contributed by atoms with Crippen LogP contribution in [-0.4, -0.2) is 15.8 Å². The normalized spacial score (nSPS) is 16.1. The lowest BCUT2D eigenvalue weighted by Crippen LogP contribution is -2.36. The van der Waals surface area contributed by atoms with Gasteiger partial charge in [-0.3, -0.25) is 14.3 Å². The number of aromatic nitrogens is 2. The van der Waals surface area contributed by atoms with Crippen LogP contribution in [0.2, 0.25) is 0 Å². The number of ether oxygens (including phenoxy) is 2. The molecule has 0 radical (unpaired) electrons. The molecule has 3 rings (SSSR count). The summed E-state index contributed by atoms with van der Waals surface area (Å²) in [6, 6.07) is 5.02. The first kappa shape index (κ1) is 17.0. The first-order valence-corrected chi connectivity index (χ1v) is 7.68. The second kappa shape index (κ2) is 5.91. The molecule has 0 fully saturated rings. The van der Waals surface area contributed by atoms with Crippen molar-refractivity contribution in [2.24, 2.45) is 0 Å². The van der Waals surface area contributed by atoms with Crippen LogP contribution in [0.3, 0.4) is 0 Å². The summed E-state index contributed by atoms with van der Waals surface area (Å²) in [7, 11) is 0. The van der Waals surface area contributed by atoms with E-state index in [-0.39, 0.29) is 29.4 Å². The number of nitrogens with one attached hydrogen (secondary N) is 2. The quantitative estimate of drug-likeness (QED) is 0.883. The molecule has 0 saturated carbocycles. The Morgan fingerprint density at radius 2 is 1.80 bits per heavy atom. The van der Waals surface area contributed by atoms with Crippen molar-refractivity contribution in [1.82, 2.24) is 9.55 Å². The maximum Gasteiger partial charge on any atom is 0.586 e. The maximum absolute atomic E-state index is 13.1. The van der Waals surface area contributed by atoms with E-state index in [1.54, 1.807) is 26.8 Å². The van der Waals surface area contributed by atoms with Crippen molar-refractivity contribution in [3.63, 3.8) is 0 Å². The zero-order valence-electron chi connectivity index (χ0n) is 13.8. The van der Waals surface area contributed by atoms with Gasteiger partial charge in [0.25, 0.3) is 5.56 Å². The minimum atomic E-state index is -3.68. The van der Waals surface area contributed by atoms with E-state index >= 15 is 0 Å². The predicted octanol–water partition coefficient (Wildman–Crippen LogP) is 2.61. The maximum atomic E-state index is 13.1. The Morgan fingerprint density at radius 3 is 2.44 bits per heavy atom. The molecule has 0 bridgehead atoms. The second-order valence-electron chi connectivity index (χ2n) is 6.03. The molecular formula is C16H17F2N3O4. The Bertz CT molecular complexity index is 889. The number of H-pyrrole nitrogens is 1. The molecule has 0 saturated heterocycles. The third-order valence-corrected chi connectivity index (χ3v) is 3.78. The SMILES string of the molecule is CC(Nc1cc(=O)n(C(C)C)c(=O)[nH]1)c1ccc2c(c1)OC(F)(F)O2. The summed E-state index contributed by atoms with van der Waals surface area (Å²) in [5.74, 6) is 0.121. The molecule has 2 aromatic rings.